The topological polar surface area (TPSA) is 84.9 Å². The van der Waals surface area contributed by atoms with Crippen LogP contribution in [-0.2, 0) is 9.53 Å². The van der Waals surface area contributed by atoms with Crippen LogP contribution in [0.4, 0.5) is 10.5 Å². The minimum absolute atomic E-state index is 0.167. The molecule has 1 N–H and O–H groups in total. The van der Waals surface area contributed by atoms with Crippen LogP contribution in [0.1, 0.15) is 6.92 Å². The van der Waals surface area contributed by atoms with Crippen molar-refractivity contribution in [1.29, 1.82) is 0 Å². The van der Waals surface area contributed by atoms with Crippen LogP contribution >= 0.6 is 0 Å². The Kier molecular flexibility index (Phi) is 5.40. The molecular formula is C20H20N2O5. The van der Waals surface area contributed by atoms with Gasteiger partial charge >= 0.3 is 6.09 Å². The number of hydrogen-bond acceptors (Lipinski definition) is 5. The Morgan fingerprint density at radius 3 is 2.59 bits per heavy atom. The summed E-state index contributed by atoms with van der Waals surface area (Å²) in [5.41, 5.74) is 2.08. The number of ether oxygens (including phenoxy) is 2. The molecular weight excluding hydrogens is 348 g/mol. The van der Waals surface area contributed by atoms with Crippen molar-refractivity contribution in [1.82, 2.24) is 5.32 Å². The lowest BCUT2D eigenvalue weighted by Crippen LogP contribution is -2.33. The van der Waals surface area contributed by atoms with E-state index in [0.717, 1.165) is 11.1 Å². The van der Waals surface area contributed by atoms with Crippen molar-refractivity contribution in [3.8, 4) is 16.9 Å². The molecule has 1 aliphatic heterocycles. The second kappa shape index (κ2) is 7.90. The highest BCUT2D eigenvalue weighted by molar-refractivity contribution is 5.90. The smallest absolute Gasteiger partial charge is 0.414 e. The van der Waals surface area contributed by atoms with Crippen LogP contribution in [0.15, 0.2) is 53.3 Å². The molecule has 1 atom stereocenters. The number of hydrogen-bond donors (Lipinski definition) is 1. The SMILES string of the molecule is COc1cccc(-c2ccc(N3CC(CNC(C)=O)OC3=O)cc2)cc1=O. The molecule has 0 aromatic heterocycles. The van der Waals surface area contributed by atoms with E-state index < -0.39 is 6.09 Å². The largest absolute Gasteiger partial charge is 0.493 e. The van der Waals surface area contributed by atoms with Gasteiger partial charge in [0.2, 0.25) is 11.3 Å². The van der Waals surface area contributed by atoms with Gasteiger partial charge in [-0.15, -0.1) is 0 Å². The summed E-state index contributed by atoms with van der Waals surface area (Å²) in [4.78, 5) is 36.7. The Morgan fingerprint density at radius 1 is 1.19 bits per heavy atom. The van der Waals surface area contributed by atoms with Gasteiger partial charge < -0.3 is 14.8 Å². The van der Waals surface area contributed by atoms with E-state index in [-0.39, 0.29) is 29.7 Å². The first-order valence-corrected chi connectivity index (χ1v) is 8.49. The molecule has 0 aliphatic carbocycles. The summed E-state index contributed by atoms with van der Waals surface area (Å²) in [6, 6.07) is 14.0. The number of carbonyl (C=O) groups is 2. The van der Waals surface area contributed by atoms with Gasteiger partial charge in [0, 0.05) is 12.6 Å². The number of nitrogens with one attached hydrogen (secondary N) is 1. The number of methoxy groups -OCH3 is 1. The van der Waals surface area contributed by atoms with Crippen LogP contribution in [0, 0.1) is 0 Å². The summed E-state index contributed by atoms with van der Waals surface area (Å²) in [5.74, 6) is 0.113. The predicted octanol–water partition coefficient (Wildman–Crippen LogP) is 2.18. The maximum absolute atomic E-state index is 12.1. The normalized spacial score (nSPS) is 16.0. The average Bonchev–Trinajstić information content (AvgIpc) is 2.92. The van der Waals surface area contributed by atoms with E-state index >= 15 is 0 Å². The van der Waals surface area contributed by atoms with E-state index in [2.05, 4.69) is 5.32 Å². The van der Waals surface area contributed by atoms with Gasteiger partial charge in [0.1, 0.15) is 6.10 Å². The van der Waals surface area contributed by atoms with Gasteiger partial charge in [-0.1, -0.05) is 24.3 Å². The monoisotopic (exact) mass is 368 g/mol. The standard InChI is InChI=1S/C20H20N2O5/c1-13(23)21-11-17-12-22(20(25)27-17)16-8-6-14(7-9-16)15-4-3-5-19(26-2)18(24)10-15/h3-10,17H,11-12H2,1-2H3,(H,21,23). The Balaban J connectivity index is 1.77. The second-order valence-corrected chi connectivity index (χ2v) is 6.16. The first kappa shape index (κ1) is 18.4. The van der Waals surface area contributed by atoms with Gasteiger partial charge in [-0.25, -0.2) is 4.79 Å². The minimum atomic E-state index is -0.448. The van der Waals surface area contributed by atoms with Gasteiger partial charge in [-0.05, 0) is 35.4 Å². The lowest BCUT2D eigenvalue weighted by molar-refractivity contribution is -0.119. The molecule has 0 spiro atoms. The molecule has 7 nitrogen and oxygen atoms in total. The lowest BCUT2D eigenvalue weighted by Gasteiger charge is -2.13. The number of nitrogens with zero attached hydrogens (tertiary/aromatic N) is 1. The van der Waals surface area contributed by atoms with E-state index in [4.69, 9.17) is 9.47 Å². The number of carbonyl (C=O) groups excluding carboxylic acids is 2. The third kappa shape index (κ3) is 4.25. The molecule has 1 heterocycles. The predicted molar refractivity (Wildman–Crippen MR) is 101 cm³/mol. The van der Waals surface area contributed by atoms with E-state index in [9.17, 15) is 14.4 Å². The highest BCUT2D eigenvalue weighted by Crippen LogP contribution is 2.25. The summed E-state index contributed by atoms with van der Waals surface area (Å²) in [6.45, 7) is 2.06. The van der Waals surface area contributed by atoms with Crippen molar-refractivity contribution in [2.75, 3.05) is 25.1 Å². The zero-order chi connectivity index (χ0) is 19.4. The van der Waals surface area contributed by atoms with Crippen molar-refractivity contribution in [2.45, 2.75) is 13.0 Å². The minimum Gasteiger partial charge on any atom is -0.493 e. The van der Waals surface area contributed by atoms with Crippen LogP contribution in [0.5, 0.6) is 5.75 Å². The van der Waals surface area contributed by atoms with Gasteiger partial charge in [0.05, 0.1) is 20.2 Å². The molecule has 2 amide bonds. The molecule has 2 aromatic carbocycles. The van der Waals surface area contributed by atoms with Gasteiger partial charge in [0.15, 0.2) is 5.75 Å². The van der Waals surface area contributed by atoms with Gasteiger partial charge in [0.25, 0.3) is 0 Å². The third-order valence-electron chi connectivity index (χ3n) is 4.24. The van der Waals surface area contributed by atoms with Crippen molar-refractivity contribution in [3.63, 3.8) is 0 Å². The molecule has 7 heteroatoms. The zero-order valence-corrected chi connectivity index (χ0v) is 15.1. The highest BCUT2D eigenvalue weighted by atomic mass is 16.6. The van der Waals surface area contributed by atoms with Crippen molar-refractivity contribution < 1.29 is 19.1 Å². The number of rotatable bonds is 5. The Bertz CT molecular complexity index is 911. The first-order chi connectivity index (χ1) is 13.0. The van der Waals surface area contributed by atoms with Crippen LogP contribution in [0.2, 0.25) is 0 Å². The van der Waals surface area contributed by atoms with Gasteiger partial charge in [-0.2, -0.15) is 0 Å². The average molecular weight is 368 g/mol. The van der Waals surface area contributed by atoms with Crippen LogP contribution in [-0.4, -0.2) is 38.3 Å². The van der Waals surface area contributed by atoms with Crippen LogP contribution in [0.25, 0.3) is 11.1 Å². The molecule has 140 valence electrons. The van der Waals surface area contributed by atoms with Crippen LogP contribution < -0.4 is 20.4 Å². The first-order valence-electron chi connectivity index (χ1n) is 8.49. The quantitative estimate of drug-likeness (QED) is 0.874. The fraction of sp³-hybridized carbons (Fsp3) is 0.250. The van der Waals surface area contributed by atoms with Crippen molar-refractivity contribution in [3.05, 3.63) is 58.8 Å². The maximum Gasteiger partial charge on any atom is 0.414 e. The molecule has 3 rings (SSSR count). The maximum atomic E-state index is 12.1. The van der Waals surface area contributed by atoms with Crippen molar-refractivity contribution in [2.24, 2.45) is 0 Å². The molecule has 0 saturated carbocycles. The Morgan fingerprint density at radius 2 is 1.93 bits per heavy atom. The Hall–Kier alpha value is -3.35. The van der Waals surface area contributed by atoms with E-state index in [1.807, 2.05) is 18.2 Å². The van der Waals surface area contributed by atoms with Crippen LogP contribution in [0.3, 0.4) is 0 Å². The fourth-order valence-electron chi connectivity index (χ4n) is 2.86. The summed E-state index contributed by atoms with van der Waals surface area (Å²) >= 11 is 0. The molecule has 1 unspecified atom stereocenters. The summed E-state index contributed by atoms with van der Waals surface area (Å²) in [5, 5.41) is 2.65. The molecule has 0 bridgehead atoms. The number of anilines is 1. The van der Waals surface area contributed by atoms with Gasteiger partial charge in [-0.3, -0.25) is 14.5 Å². The zero-order valence-electron chi connectivity index (χ0n) is 15.1. The van der Waals surface area contributed by atoms with E-state index in [1.165, 1.54) is 25.0 Å². The number of benzene rings is 1. The fourth-order valence-corrected chi connectivity index (χ4v) is 2.86. The summed E-state index contributed by atoms with van der Waals surface area (Å²) < 4.78 is 10.3. The van der Waals surface area contributed by atoms with E-state index in [1.54, 1.807) is 24.3 Å². The molecule has 1 saturated heterocycles. The molecule has 2 aromatic rings. The number of cyclic esters (lactones) is 1. The highest BCUT2D eigenvalue weighted by Gasteiger charge is 2.32. The molecule has 27 heavy (non-hydrogen) atoms. The third-order valence-corrected chi connectivity index (χ3v) is 4.24. The molecule has 1 aliphatic rings. The summed E-state index contributed by atoms with van der Waals surface area (Å²) in [7, 11) is 1.46. The lowest BCUT2D eigenvalue weighted by atomic mass is 10.1. The second-order valence-electron chi connectivity index (χ2n) is 6.16. The number of amides is 2. The van der Waals surface area contributed by atoms with Crippen molar-refractivity contribution >= 4 is 17.7 Å². The molecule has 0 radical (unpaired) electrons. The summed E-state index contributed by atoms with van der Waals surface area (Å²) in [6.07, 6.45) is -0.833. The van der Waals surface area contributed by atoms with E-state index in [0.29, 0.717) is 12.2 Å². The Labute approximate surface area is 156 Å². The molecule has 1 fully saturated rings.